The highest BCUT2D eigenvalue weighted by Crippen LogP contribution is 2.25. The van der Waals surface area contributed by atoms with Gasteiger partial charge in [0.1, 0.15) is 0 Å². The van der Waals surface area contributed by atoms with Crippen LogP contribution in [0.1, 0.15) is 35.8 Å². The molecule has 3 aromatic rings. The van der Waals surface area contributed by atoms with Gasteiger partial charge >= 0.3 is 0 Å². The first-order chi connectivity index (χ1) is 14.7. The predicted molar refractivity (Wildman–Crippen MR) is 118 cm³/mol. The highest BCUT2D eigenvalue weighted by Gasteiger charge is 2.32. The van der Waals surface area contributed by atoms with E-state index >= 15 is 0 Å². The van der Waals surface area contributed by atoms with Gasteiger partial charge in [-0.05, 0) is 56.0 Å². The number of carbonyl (C=O) groups is 1. The minimum Gasteiger partial charge on any atom is -0.368 e. The first-order valence-electron chi connectivity index (χ1n) is 10.9. The molecule has 30 heavy (non-hydrogen) atoms. The average molecular weight is 405 g/mol. The predicted octanol–water partition coefficient (Wildman–Crippen LogP) is 2.36. The first-order valence-corrected chi connectivity index (χ1v) is 10.9. The Morgan fingerprint density at radius 1 is 1.13 bits per heavy atom. The monoisotopic (exact) mass is 404 g/mol. The zero-order valence-electron chi connectivity index (χ0n) is 17.3. The van der Waals surface area contributed by atoms with Crippen LogP contribution >= 0.6 is 0 Å². The molecule has 0 aliphatic carbocycles. The second kappa shape index (κ2) is 8.07. The molecule has 2 fully saturated rings. The number of aromatic nitrogens is 3. The Bertz CT molecular complexity index is 1030. The Morgan fingerprint density at radius 3 is 2.63 bits per heavy atom. The smallest absolute Gasteiger partial charge is 0.271 e. The Labute approximate surface area is 176 Å². The largest absolute Gasteiger partial charge is 0.368 e. The van der Waals surface area contributed by atoms with Crippen LogP contribution in [-0.4, -0.2) is 52.4 Å². The molecule has 2 atom stereocenters. The number of aryl methyl sites for hydroxylation is 1. The molecule has 7 nitrogen and oxygen atoms in total. The summed E-state index contributed by atoms with van der Waals surface area (Å²) in [6.07, 6.45) is 5.35. The molecule has 0 radical (unpaired) electrons. The molecule has 2 saturated heterocycles. The van der Waals surface area contributed by atoms with E-state index in [-0.39, 0.29) is 5.91 Å². The first kappa shape index (κ1) is 19.1. The fourth-order valence-electron chi connectivity index (χ4n) is 4.64. The third-order valence-electron chi connectivity index (χ3n) is 6.30. The molecule has 2 aliphatic heterocycles. The third kappa shape index (κ3) is 3.77. The van der Waals surface area contributed by atoms with Gasteiger partial charge in [-0.15, -0.1) is 10.2 Å². The Morgan fingerprint density at radius 2 is 1.90 bits per heavy atom. The summed E-state index contributed by atoms with van der Waals surface area (Å²) in [4.78, 5) is 14.9. The number of nitrogens with zero attached hydrogens (tertiary/aromatic N) is 4. The summed E-state index contributed by atoms with van der Waals surface area (Å²) >= 11 is 0. The van der Waals surface area contributed by atoms with Gasteiger partial charge in [0.2, 0.25) is 0 Å². The topological polar surface area (TPSA) is 75.1 Å². The number of fused-ring (bicyclic) bond motifs is 3. The van der Waals surface area contributed by atoms with Crippen molar-refractivity contribution in [3.63, 3.8) is 0 Å². The maximum atomic E-state index is 12.4. The van der Waals surface area contributed by atoms with E-state index in [1.807, 2.05) is 16.8 Å². The SMILES string of the molecule is CCn1ccc2cc(C(=O)NCCc3ccc(N4C[C@H]5CC[C@@H](C4)N5)cc3)nnc21. The van der Waals surface area contributed by atoms with E-state index in [2.05, 4.69) is 56.9 Å². The molecule has 1 amide bonds. The molecular weight excluding hydrogens is 376 g/mol. The van der Waals surface area contributed by atoms with E-state index in [1.165, 1.54) is 24.1 Å². The third-order valence-corrected chi connectivity index (χ3v) is 6.30. The number of hydrogen-bond acceptors (Lipinski definition) is 5. The van der Waals surface area contributed by atoms with Crippen LogP contribution in [0.3, 0.4) is 0 Å². The number of benzene rings is 1. The van der Waals surface area contributed by atoms with E-state index < -0.39 is 0 Å². The van der Waals surface area contributed by atoms with Crippen molar-refractivity contribution < 1.29 is 4.79 Å². The summed E-state index contributed by atoms with van der Waals surface area (Å²) in [5, 5.41) is 15.9. The van der Waals surface area contributed by atoms with E-state index in [4.69, 9.17) is 0 Å². The van der Waals surface area contributed by atoms with Crippen LogP contribution in [-0.2, 0) is 13.0 Å². The van der Waals surface area contributed by atoms with Crippen molar-refractivity contribution in [2.24, 2.45) is 0 Å². The van der Waals surface area contributed by atoms with Crippen LogP contribution in [0.25, 0.3) is 11.0 Å². The lowest BCUT2D eigenvalue weighted by Crippen LogP contribution is -2.51. The summed E-state index contributed by atoms with van der Waals surface area (Å²) in [6, 6.07) is 13.8. The summed E-state index contributed by atoms with van der Waals surface area (Å²) in [5.41, 5.74) is 3.69. The quantitative estimate of drug-likeness (QED) is 0.660. The van der Waals surface area contributed by atoms with Gasteiger partial charge in [0.25, 0.3) is 5.91 Å². The lowest BCUT2D eigenvalue weighted by atomic mass is 10.1. The molecule has 0 spiro atoms. The molecule has 4 heterocycles. The van der Waals surface area contributed by atoms with Crippen molar-refractivity contribution in [3.8, 4) is 0 Å². The molecular formula is C23H28N6O. The number of carbonyl (C=O) groups excluding carboxylic acids is 1. The van der Waals surface area contributed by atoms with Crippen LogP contribution in [0, 0.1) is 0 Å². The second-order valence-electron chi connectivity index (χ2n) is 8.33. The molecule has 1 aromatic carbocycles. The Hall–Kier alpha value is -2.93. The number of hydrogen-bond donors (Lipinski definition) is 2. The normalized spacial score (nSPS) is 20.6. The lowest BCUT2D eigenvalue weighted by molar-refractivity contribution is 0.0948. The van der Waals surface area contributed by atoms with Gasteiger partial charge in [-0.3, -0.25) is 4.79 Å². The van der Waals surface area contributed by atoms with Gasteiger partial charge in [0.05, 0.1) is 0 Å². The number of amides is 1. The van der Waals surface area contributed by atoms with Crippen molar-refractivity contribution in [3.05, 3.63) is 53.9 Å². The maximum absolute atomic E-state index is 12.4. The fraction of sp³-hybridized carbons (Fsp3) is 0.435. The molecule has 7 heteroatoms. The van der Waals surface area contributed by atoms with Gasteiger partial charge < -0.3 is 20.1 Å². The molecule has 2 aliphatic rings. The van der Waals surface area contributed by atoms with E-state index in [9.17, 15) is 4.79 Å². The minimum absolute atomic E-state index is 0.179. The number of rotatable bonds is 6. The second-order valence-corrected chi connectivity index (χ2v) is 8.33. The molecule has 156 valence electrons. The highest BCUT2D eigenvalue weighted by atomic mass is 16.1. The molecule has 0 saturated carbocycles. The van der Waals surface area contributed by atoms with E-state index in [0.717, 1.165) is 37.1 Å². The zero-order valence-corrected chi connectivity index (χ0v) is 17.3. The van der Waals surface area contributed by atoms with Gasteiger partial charge in [-0.2, -0.15) is 0 Å². The minimum atomic E-state index is -0.179. The summed E-state index contributed by atoms with van der Waals surface area (Å²) in [6.45, 7) is 5.66. The molecule has 2 bridgehead atoms. The van der Waals surface area contributed by atoms with Gasteiger partial charge in [0, 0.05) is 55.5 Å². The van der Waals surface area contributed by atoms with E-state index in [0.29, 0.717) is 24.3 Å². The molecule has 5 rings (SSSR count). The summed E-state index contributed by atoms with van der Waals surface area (Å²) < 4.78 is 2.01. The average Bonchev–Trinajstić information content (AvgIpc) is 3.35. The highest BCUT2D eigenvalue weighted by molar-refractivity contribution is 5.95. The van der Waals surface area contributed by atoms with Crippen molar-refractivity contribution in [2.45, 2.75) is 44.8 Å². The van der Waals surface area contributed by atoms with Crippen molar-refractivity contribution >= 4 is 22.6 Å². The van der Waals surface area contributed by atoms with E-state index in [1.54, 1.807) is 6.07 Å². The van der Waals surface area contributed by atoms with Crippen LogP contribution in [0.5, 0.6) is 0 Å². The van der Waals surface area contributed by atoms with Crippen LogP contribution in [0.15, 0.2) is 42.6 Å². The molecule has 0 unspecified atom stereocenters. The Balaban J connectivity index is 1.15. The fourth-order valence-corrected chi connectivity index (χ4v) is 4.64. The van der Waals surface area contributed by atoms with Gasteiger partial charge in [-0.25, -0.2) is 0 Å². The zero-order chi connectivity index (χ0) is 20.5. The molecule has 2 aromatic heterocycles. The van der Waals surface area contributed by atoms with Crippen LogP contribution in [0.2, 0.25) is 0 Å². The number of nitrogens with one attached hydrogen (secondary N) is 2. The van der Waals surface area contributed by atoms with Gasteiger partial charge in [-0.1, -0.05) is 12.1 Å². The Kier molecular flexibility index (Phi) is 5.12. The van der Waals surface area contributed by atoms with Crippen molar-refractivity contribution in [1.82, 2.24) is 25.4 Å². The lowest BCUT2D eigenvalue weighted by Gasteiger charge is -2.34. The number of anilines is 1. The molecule has 2 N–H and O–H groups in total. The van der Waals surface area contributed by atoms with Crippen LogP contribution < -0.4 is 15.5 Å². The summed E-state index contributed by atoms with van der Waals surface area (Å²) in [5.74, 6) is -0.179. The number of piperazine rings is 1. The van der Waals surface area contributed by atoms with Crippen molar-refractivity contribution in [1.29, 1.82) is 0 Å². The summed E-state index contributed by atoms with van der Waals surface area (Å²) in [7, 11) is 0. The van der Waals surface area contributed by atoms with Crippen LogP contribution in [0.4, 0.5) is 5.69 Å². The van der Waals surface area contributed by atoms with Gasteiger partial charge in [0.15, 0.2) is 11.3 Å². The standard InChI is InChI=1S/C23H28N6O/c1-2-28-12-10-17-13-21(26-27-22(17)28)23(30)24-11-9-16-3-7-20(8-4-16)29-14-18-5-6-19(15-29)25-18/h3-4,7-8,10,12-13,18-19,25H,2,5-6,9,11,14-15H2,1H3,(H,24,30)/t18-,19+. The maximum Gasteiger partial charge on any atom is 0.271 e. The van der Waals surface area contributed by atoms with Crippen molar-refractivity contribution in [2.75, 3.05) is 24.5 Å².